The van der Waals surface area contributed by atoms with Gasteiger partial charge in [0.2, 0.25) is 0 Å². The molecule has 2 heterocycles. The first-order valence-corrected chi connectivity index (χ1v) is 11.2. The maximum Gasteiger partial charge on any atom is 0.261 e. The van der Waals surface area contributed by atoms with Crippen molar-refractivity contribution in [2.75, 3.05) is 6.54 Å². The molecule has 1 N–H and O–H groups in total. The molecule has 3 nitrogen and oxygen atoms in total. The van der Waals surface area contributed by atoms with Crippen molar-refractivity contribution in [2.24, 2.45) is 0 Å². The van der Waals surface area contributed by atoms with E-state index in [0.29, 0.717) is 6.54 Å². The largest absolute Gasteiger partial charge is 0.350 e. The van der Waals surface area contributed by atoms with Crippen LogP contribution in [-0.2, 0) is 12.3 Å². The van der Waals surface area contributed by atoms with Gasteiger partial charge in [-0.2, -0.15) is 0 Å². The third-order valence-corrected chi connectivity index (χ3v) is 6.81. The number of benzene rings is 2. The van der Waals surface area contributed by atoms with Crippen molar-refractivity contribution in [2.45, 2.75) is 17.2 Å². The third kappa shape index (κ3) is 4.27. The molecule has 0 aliphatic heterocycles. The van der Waals surface area contributed by atoms with Crippen LogP contribution in [0.2, 0.25) is 5.02 Å². The lowest BCUT2D eigenvalue weighted by atomic mass is 10.2. The maximum absolute atomic E-state index is 12.1. The van der Waals surface area contributed by atoms with E-state index in [0.717, 1.165) is 27.8 Å². The molecule has 142 valence electrons. The number of amides is 1. The van der Waals surface area contributed by atoms with Gasteiger partial charge in [0, 0.05) is 45.9 Å². The minimum atomic E-state index is -0.0141. The Morgan fingerprint density at radius 3 is 2.71 bits per heavy atom. The Bertz CT molecular complexity index is 1090. The van der Waals surface area contributed by atoms with Gasteiger partial charge in [0.1, 0.15) is 0 Å². The molecule has 0 saturated carbocycles. The molecule has 4 rings (SSSR count). The summed E-state index contributed by atoms with van der Waals surface area (Å²) in [5.74, 6) is 0.808. The molecule has 0 atom stereocenters. The Morgan fingerprint density at radius 1 is 1.07 bits per heavy atom. The number of para-hydroxylation sites is 1. The number of carbonyl (C=O) groups is 1. The SMILES string of the molecule is O=C(NCCn1cc(SCc2ccccc2Cl)c2ccccc21)c1cccs1. The van der Waals surface area contributed by atoms with E-state index in [2.05, 4.69) is 40.3 Å². The molecule has 0 bridgehead atoms. The van der Waals surface area contributed by atoms with Gasteiger partial charge in [0.25, 0.3) is 5.91 Å². The van der Waals surface area contributed by atoms with Crippen LogP contribution in [0.5, 0.6) is 0 Å². The Morgan fingerprint density at radius 2 is 1.89 bits per heavy atom. The molecule has 4 aromatic rings. The van der Waals surface area contributed by atoms with Crippen LogP contribution in [0.3, 0.4) is 0 Å². The molecule has 2 aromatic heterocycles. The first-order chi connectivity index (χ1) is 13.7. The van der Waals surface area contributed by atoms with Gasteiger partial charge in [-0.3, -0.25) is 4.79 Å². The van der Waals surface area contributed by atoms with Crippen LogP contribution in [0, 0.1) is 0 Å². The Kier molecular flexibility index (Phi) is 6.05. The average Bonchev–Trinajstić information content (AvgIpc) is 3.36. The molecule has 0 unspecified atom stereocenters. The summed E-state index contributed by atoms with van der Waals surface area (Å²) in [4.78, 5) is 14.1. The fourth-order valence-electron chi connectivity index (χ4n) is 3.07. The minimum absolute atomic E-state index is 0.0141. The van der Waals surface area contributed by atoms with Crippen molar-refractivity contribution in [3.63, 3.8) is 0 Å². The average molecular weight is 427 g/mol. The second-order valence-electron chi connectivity index (χ2n) is 6.32. The summed E-state index contributed by atoms with van der Waals surface area (Å²) in [5.41, 5.74) is 2.31. The number of halogens is 1. The van der Waals surface area contributed by atoms with Gasteiger partial charge in [-0.25, -0.2) is 0 Å². The Labute approximate surface area is 177 Å². The number of rotatable bonds is 7. The van der Waals surface area contributed by atoms with Gasteiger partial charge < -0.3 is 9.88 Å². The summed E-state index contributed by atoms with van der Waals surface area (Å²) in [6, 6.07) is 20.1. The monoisotopic (exact) mass is 426 g/mol. The lowest BCUT2D eigenvalue weighted by Gasteiger charge is -2.06. The Hall–Kier alpha value is -2.21. The normalized spacial score (nSPS) is 11.0. The quantitative estimate of drug-likeness (QED) is 0.363. The summed E-state index contributed by atoms with van der Waals surface area (Å²) >= 11 is 9.54. The number of nitrogens with zero attached hydrogens (tertiary/aromatic N) is 1. The highest BCUT2D eigenvalue weighted by atomic mass is 35.5. The summed E-state index contributed by atoms with van der Waals surface area (Å²) in [7, 11) is 0. The maximum atomic E-state index is 12.1. The number of carbonyl (C=O) groups excluding carboxylic acids is 1. The first-order valence-electron chi connectivity index (χ1n) is 8.98. The summed E-state index contributed by atoms with van der Waals surface area (Å²) in [6.07, 6.45) is 2.17. The molecule has 1 amide bonds. The number of hydrogen-bond donors (Lipinski definition) is 1. The van der Waals surface area contributed by atoms with E-state index < -0.39 is 0 Å². The number of aromatic nitrogens is 1. The van der Waals surface area contributed by atoms with Crippen LogP contribution >= 0.6 is 34.7 Å². The second kappa shape index (κ2) is 8.86. The van der Waals surface area contributed by atoms with Crippen molar-refractivity contribution in [1.82, 2.24) is 9.88 Å². The number of fused-ring (bicyclic) bond motifs is 1. The predicted molar refractivity (Wildman–Crippen MR) is 120 cm³/mol. The summed E-state index contributed by atoms with van der Waals surface area (Å²) in [5, 5.41) is 6.94. The first kappa shape index (κ1) is 19.1. The summed E-state index contributed by atoms with van der Waals surface area (Å²) < 4.78 is 2.21. The molecule has 2 aromatic carbocycles. The van der Waals surface area contributed by atoms with Gasteiger partial charge in [-0.15, -0.1) is 23.1 Å². The molecule has 28 heavy (non-hydrogen) atoms. The van der Waals surface area contributed by atoms with Gasteiger partial charge in [-0.1, -0.05) is 54.1 Å². The molecular weight excluding hydrogens is 408 g/mol. The van der Waals surface area contributed by atoms with E-state index in [1.165, 1.54) is 27.1 Å². The van der Waals surface area contributed by atoms with E-state index in [9.17, 15) is 4.79 Å². The highest BCUT2D eigenvalue weighted by molar-refractivity contribution is 7.98. The van der Waals surface area contributed by atoms with E-state index in [1.54, 1.807) is 11.8 Å². The van der Waals surface area contributed by atoms with Gasteiger partial charge >= 0.3 is 0 Å². The molecule has 0 aliphatic rings. The number of hydrogen-bond acceptors (Lipinski definition) is 3. The zero-order chi connectivity index (χ0) is 19.3. The number of nitrogens with one attached hydrogen (secondary N) is 1. The van der Waals surface area contributed by atoms with Crippen molar-refractivity contribution < 1.29 is 4.79 Å². The molecule has 6 heteroatoms. The van der Waals surface area contributed by atoms with Crippen molar-refractivity contribution in [3.8, 4) is 0 Å². The summed E-state index contributed by atoms with van der Waals surface area (Å²) in [6.45, 7) is 1.31. The van der Waals surface area contributed by atoms with Crippen LogP contribution in [-0.4, -0.2) is 17.0 Å². The van der Waals surface area contributed by atoms with Crippen molar-refractivity contribution in [3.05, 3.63) is 87.7 Å². The van der Waals surface area contributed by atoms with Crippen molar-refractivity contribution in [1.29, 1.82) is 0 Å². The zero-order valence-electron chi connectivity index (χ0n) is 15.1. The number of thiophene rings is 1. The highest BCUT2D eigenvalue weighted by Crippen LogP contribution is 2.33. The van der Waals surface area contributed by atoms with Gasteiger partial charge in [0.05, 0.1) is 4.88 Å². The van der Waals surface area contributed by atoms with Crippen LogP contribution in [0.25, 0.3) is 10.9 Å². The zero-order valence-corrected chi connectivity index (χ0v) is 17.5. The minimum Gasteiger partial charge on any atom is -0.350 e. The molecule has 0 radical (unpaired) electrons. The predicted octanol–water partition coefficient (Wildman–Crippen LogP) is 6.08. The Balaban J connectivity index is 1.47. The van der Waals surface area contributed by atoms with Gasteiger partial charge in [-0.05, 0) is 29.1 Å². The number of thioether (sulfide) groups is 1. The fourth-order valence-corrected chi connectivity index (χ4v) is 5.08. The van der Waals surface area contributed by atoms with Crippen LogP contribution in [0.15, 0.2) is 77.1 Å². The van der Waals surface area contributed by atoms with Crippen molar-refractivity contribution >= 4 is 51.5 Å². The van der Waals surface area contributed by atoms with E-state index in [4.69, 9.17) is 11.6 Å². The smallest absolute Gasteiger partial charge is 0.261 e. The van der Waals surface area contributed by atoms with Gasteiger partial charge in [0.15, 0.2) is 0 Å². The molecule has 0 saturated heterocycles. The van der Waals surface area contributed by atoms with Crippen LogP contribution in [0.4, 0.5) is 0 Å². The van der Waals surface area contributed by atoms with E-state index >= 15 is 0 Å². The lowest BCUT2D eigenvalue weighted by Crippen LogP contribution is -2.26. The second-order valence-corrected chi connectivity index (χ2v) is 8.69. The third-order valence-electron chi connectivity index (χ3n) is 4.48. The molecule has 0 fully saturated rings. The molecule has 0 spiro atoms. The van der Waals surface area contributed by atoms with Crippen LogP contribution in [0.1, 0.15) is 15.2 Å². The molecule has 0 aliphatic carbocycles. The van der Waals surface area contributed by atoms with E-state index in [1.807, 2.05) is 41.8 Å². The lowest BCUT2D eigenvalue weighted by molar-refractivity contribution is 0.0956. The van der Waals surface area contributed by atoms with E-state index in [-0.39, 0.29) is 5.91 Å². The topological polar surface area (TPSA) is 34.0 Å². The standard InChI is InChI=1S/C22H19ClN2OS2/c23-18-8-3-1-6-16(18)15-28-21-14-25(19-9-4-2-7-17(19)21)12-11-24-22(26)20-10-5-13-27-20/h1-10,13-14H,11-12,15H2,(H,24,26). The van der Waals surface area contributed by atoms with Crippen LogP contribution < -0.4 is 5.32 Å². The highest BCUT2D eigenvalue weighted by Gasteiger charge is 2.11. The fraction of sp³-hybridized carbons (Fsp3) is 0.136. The molecular formula is C22H19ClN2OS2.